The number of aliphatic hydroxyl groups is 2. The third-order valence-electron chi connectivity index (χ3n) is 5.67. The quantitative estimate of drug-likeness (QED) is 0.182. The van der Waals surface area contributed by atoms with Crippen LogP contribution in [0, 0.1) is 5.92 Å². The monoisotopic (exact) mass is 432 g/mol. The van der Waals surface area contributed by atoms with Crippen LogP contribution in [-0.4, -0.2) is 55.1 Å². The molecule has 8 heteroatoms. The number of carboxylic acid groups (broad SMARTS) is 3. The molecule has 5 N–H and O–H groups in total. The van der Waals surface area contributed by atoms with Crippen molar-refractivity contribution in [3.8, 4) is 0 Å². The van der Waals surface area contributed by atoms with Crippen LogP contribution in [0.3, 0.4) is 0 Å². The number of hydrogen-bond acceptors (Lipinski definition) is 5. The molecule has 0 amide bonds. The first kappa shape index (κ1) is 28.3. The zero-order valence-electron chi connectivity index (χ0n) is 18.2. The second-order valence-corrected chi connectivity index (χ2v) is 8.15. The minimum Gasteiger partial charge on any atom is -0.481 e. The summed E-state index contributed by atoms with van der Waals surface area (Å²) in [6.07, 6.45) is 12.5. The molecule has 0 spiro atoms. The highest BCUT2D eigenvalue weighted by molar-refractivity contribution is 5.92. The van der Waals surface area contributed by atoms with Gasteiger partial charge in [-0.25, -0.2) is 9.59 Å². The Morgan fingerprint density at radius 2 is 1.03 bits per heavy atom. The van der Waals surface area contributed by atoms with E-state index in [1.807, 2.05) is 0 Å². The maximum atomic E-state index is 11.4. The molecule has 0 radical (unpaired) electrons. The Morgan fingerprint density at radius 3 is 1.33 bits per heavy atom. The van der Waals surface area contributed by atoms with Gasteiger partial charge in [0.05, 0.1) is 5.92 Å². The van der Waals surface area contributed by atoms with E-state index in [0.29, 0.717) is 12.8 Å². The van der Waals surface area contributed by atoms with Crippen molar-refractivity contribution in [2.24, 2.45) is 5.92 Å². The lowest BCUT2D eigenvalue weighted by Crippen LogP contribution is -2.60. The SMILES string of the molecule is CCCCCCCCCCCCCCCCC(C(=O)O)C(O)(C(=O)O)C(O)C(=O)O. The molecule has 0 aromatic heterocycles. The van der Waals surface area contributed by atoms with Crippen LogP contribution in [0.5, 0.6) is 0 Å². The van der Waals surface area contributed by atoms with Crippen LogP contribution in [-0.2, 0) is 14.4 Å². The van der Waals surface area contributed by atoms with Crippen molar-refractivity contribution in [3.05, 3.63) is 0 Å². The molecule has 0 rings (SSSR count). The fourth-order valence-electron chi connectivity index (χ4n) is 3.72. The highest BCUT2D eigenvalue weighted by Crippen LogP contribution is 2.28. The highest BCUT2D eigenvalue weighted by atomic mass is 16.4. The van der Waals surface area contributed by atoms with E-state index in [4.69, 9.17) is 10.2 Å². The van der Waals surface area contributed by atoms with Gasteiger partial charge in [0.1, 0.15) is 0 Å². The number of rotatable bonds is 20. The number of carbonyl (C=O) groups is 3. The summed E-state index contributed by atoms with van der Waals surface area (Å²) in [6, 6.07) is 0. The number of unbranched alkanes of at least 4 members (excludes halogenated alkanes) is 13. The van der Waals surface area contributed by atoms with Crippen LogP contribution in [0.1, 0.15) is 103 Å². The molecule has 0 heterocycles. The molecular formula is C22H40O8. The lowest BCUT2D eigenvalue weighted by Gasteiger charge is -2.31. The van der Waals surface area contributed by atoms with Crippen molar-refractivity contribution < 1.29 is 39.9 Å². The first-order chi connectivity index (χ1) is 14.2. The first-order valence-corrected chi connectivity index (χ1v) is 11.3. The summed E-state index contributed by atoms with van der Waals surface area (Å²) in [4.78, 5) is 33.7. The Balaban J connectivity index is 4.07. The maximum Gasteiger partial charge on any atom is 0.340 e. The molecule has 30 heavy (non-hydrogen) atoms. The van der Waals surface area contributed by atoms with Gasteiger partial charge in [0.2, 0.25) is 5.60 Å². The van der Waals surface area contributed by atoms with Gasteiger partial charge < -0.3 is 25.5 Å². The van der Waals surface area contributed by atoms with Crippen molar-refractivity contribution in [3.63, 3.8) is 0 Å². The van der Waals surface area contributed by atoms with E-state index in [0.717, 1.165) is 25.7 Å². The van der Waals surface area contributed by atoms with Gasteiger partial charge in [-0.2, -0.15) is 0 Å². The van der Waals surface area contributed by atoms with Gasteiger partial charge in [0.25, 0.3) is 0 Å². The van der Waals surface area contributed by atoms with Crippen molar-refractivity contribution in [1.82, 2.24) is 0 Å². The van der Waals surface area contributed by atoms with Crippen molar-refractivity contribution >= 4 is 17.9 Å². The van der Waals surface area contributed by atoms with Gasteiger partial charge in [0, 0.05) is 0 Å². The van der Waals surface area contributed by atoms with E-state index < -0.39 is 35.5 Å². The lowest BCUT2D eigenvalue weighted by molar-refractivity contribution is -0.198. The highest BCUT2D eigenvalue weighted by Gasteiger charge is 2.56. The summed E-state index contributed by atoms with van der Waals surface area (Å²) < 4.78 is 0. The van der Waals surface area contributed by atoms with Gasteiger partial charge in [-0.1, -0.05) is 96.8 Å². The Morgan fingerprint density at radius 1 is 0.667 bits per heavy atom. The zero-order chi connectivity index (χ0) is 23.0. The third-order valence-corrected chi connectivity index (χ3v) is 5.67. The van der Waals surface area contributed by atoms with Gasteiger partial charge in [-0.3, -0.25) is 4.79 Å². The zero-order valence-corrected chi connectivity index (χ0v) is 18.2. The topological polar surface area (TPSA) is 152 Å². The molecule has 8 nitrogen and oxygen atoms in total. The summed E-state index contributed by atoms with van der Waals surface area (Å²) in [5, 5.41) is 46.9. The van der Waals surface area contributed by atoms with E-state index in [1.54, 1.807) is 0 Å². The van der Waals surface area contributed by atoms with Crippen molar-refractivity contribution in [1.29, 1.82) is 0 Å². The molecule has 3 atom stereocenters. The standard InChI is InChI=1S/C22H40O8/c1-2-3-4-5-6-7-8-9-10-11-12-13-14-15-16-17(19(24)25)22(30,21(28)29)18(23)20(26)27/h17-18,23,30H,2-16H2,1H3,(H,24,25)(H,26,27)(H,28,29). The van der Waals surface area contributed by atoms with Gasteiger partial charge in [-0.05, 0) is 6.42 Å². The number of aliphatic hydroxyl groups excluding tert-OH is 1. The van der Waals surface area contributed by atoms with Crippen molar-refractivity contribution in [2.45, 2.75) is 115 Å². The summed E-state index contributed by atoms with van der Waals surface area (Å²) >= 11 is 0. The average molecular weight is 433 g/mol. The predicted octanol–water partition coefficient (Wildman–Crippen LogP) is 3.82. The third kappa shape index (κ3) is 10.4. The minimum atomic E-state index is -3.27. The Bertz CT molecular complexity index is 507. The molecule has 0 saturated heterocycles. The lowest BCUT2D eigenvalue weighted by atomic mass is 9.79. The maximum absolute atomic E-state index is 11.4. The van der Waals surface area contributed by atoms with Crippen LogP contribution in [0.15, 0.2) is 0 Å². The first-order valence-electron chi connectivity index (χ1n) is 11.3. The number of aliphatic carboxylic acids is 3. The summed E-state index contributed by atoms with van der Waals surface area (Å²) in [5.41, 5.74) is -3.27. The normalized spacial score (nSPS) is 15.3. The molecule has 0 aliphatic carbocycles. The van der Waals surface area contributed by atoms with Crippen LogP contribution >= 0.6 is 0 Å². The van der Waals surface area contributed by atoms with Crippen LogP contribution in [0.2, 0.25) is 0 Å². The van der Waals surface area contributed by atoms with E-state index in [9.17, 15) is 29.7 Å². The molecule has 0 bridgehead atoms. The molecule has 0 aromatic rings. The Kier molecular flexibility index (Phi) is 15.2. The Hall–Kier alpha value is -1.67. The Labute approximate surface area is 179 Å². The largest absolute Gasteiger partial charge is 0.481 e. The van der Waals surface area contributed by atoms with Crippen LogP contribution in [0.25, 0.3) is 0 Å². The fourth-order valence-corrected chi connectivity index (χ4v) is 3.72. The summed E-state index contributed by atoms with van der Waals surface area (Å²) in [6.45, 7) is 2.21. The number of hydrogen-bond donors (Lipinski definition) is 5. The molecule has 176 valence electrons. The molecule has 0 fully saturated rings. The summed E-state index contributed by atoms with van der Waals surface area (Å²) in [7, 11) is 0. The smallest absolute Gasteiger partial charge is 0.340 e. The van der Waals surface area contributed by atoms with E-state index in [2.05, 4.69) is 6.92 Å². The van der Waals surface area contributed by atoms with Gasteiger partial charge in [-0.15, -0.1) is 0 Å². The molecule has 0 aliphatic rings. The van der Waals surface area contributed by atoms with Crippen LogP contribution < -0.4 is 0 Å². The molecule has 0 aliphatic heterocycles. The van der Waals surface area contributed by atoms with E-state index >= 15 is 0 Å². The van der Waals surface area contributed by atoms with E-state index in [-0.39, 0.29) is 6.42 Å². The molecular weight excluding hydrogens is 392 g/mol. The fraction of sp³-hybridized carbons (Fsp3) is 0.864. The average Bonchev–Trinajstić information content (AvgIpc) is 2.69. The van der Waals surface area contributed by atoms with Gasteiger partial charge in [0.15, 0.2) is 6.10 Å². The molecule has 0 aromatic carbocycles. The molecule has 0 saturated carbocycles. The van der Waals surface area contributed by atoms with Crippen LogP contribution in [0.4, 0.5) is 0 Å². The minimum absolute atomic E-state index is 0.222. The second-order valence-electron chi connectivity index (χ2n) is 8.15. The number of carboxylic acids is 3. The molecule has 3 unspecified atom stereocenters. The van der Waals surface area contributed by atoms with Gasteiger partial charge >= 0.3 is 17.9 Å². The second kappa shape index (κ2) is 16.1. The summed E-state index contributed by atoms with van der Waals surface area (Å²) in [5.74, 6) is -7.59. The predicted molar refractivity (Wildman–Crippen MR) is 112 cm³/mol. The van der Waals surface area contributed by atoms with E-state index in [1.165, 1.54) is 51.4 Å². The van der Waals surface area contributed by atoms with Crippen molar-refractivity contribution in [2.75, 3.05) is 0 Å².